The van der Waals surface area contributed by atoms with E-state index in [0.717, 1.165) is 106 Å². The molecule has 0 saturated heterocycles. The molecule has 0 atom stereocenters. The average Bonchev–Trinajstić information content (AvgIpc) is 3.78. The third kappa shape index (κ3) is 29.0. The third-order valence-electron chi connectivity index (χ3n) is 23.7. The summed E-state index contributed by atoms with van der Waals surface area (Å²) in [6.07, 6.45) is 60.0. The fourth-order valence-corrected chi connectivity index (χ4v) is 17.1. The number of ether oxygens (including phenoxy) is 4. The van der Waals surface area contributed by atoms with Crippen LogP contribution in [0.2, 0.25) is 0 Å². The van der Waals surface area contributed by atoms with Gasteiger partial charge < -0.3 is 18.9 Å². The van der Waals surface area contributed by atoms with Crippen molar-refractivity contribution in [1.29, 1.82) is 0 Å². The summed E-state index contributed by atoms with van der Waals surface area (Å²) in [5.41, 5.74) is 8.93. The number of hydrogen-bond donors (Lipinski definition) is 0. The number of esters is 1. The fraction of sp³-hybridized carbons (Fsp3) is 0.779. The summed E-state index contributed by atoms with van der Waals surface area (Å²) in [7, 11) is 0. The van der Waals surface area contributed by atoms with Gasteiger partial charge in [-0.15, -0.1) is 0 Å². The van der Waals surface area contributed by atoms with Crippen LogP contribution >= 0.6 is 0 Å². The van der Waals surface area contributed by atoms with Crippen LogP contribution in [0, 0.1) is 49.4 Å². The molecule has 5 nitrogen and oxygen atoms in total. The second kappa shape index (κ2) is 44.6. The minimum absolute atomic E-state index is 0.000838. The van der Waals surface area contributed by atoms with Gasteiger partial charge in [0, 0.05) is 19.6 Å². The Morgan fingerprint density at radius 2 is 0.901 bits per heavy atom. The van der Waals surface area contributed by atoms with E-state index in [2.05, 4.69) is 115 Å². The number of rotatable bonds is 34. The van der Waals surface area contributed by atoms with E-state index in [1.165, 1.54) is 266 Å². The molecule has 5 heteroatoms. The van der Waals surface area contributed by atoms with Gasteiger partial charge in [0.2, 0.25) is 0 Å². The monoisotopic (exact) mass is 1250 g/mol. The van der Waals surface area contributed by atoms with E-state index in [-0.39, 0.29) is 12.1 Å². The van der Waals surface area contributed by atoms with Crippen LogP contribution in [-0.2, 0) is 25.4 Å². The smallest absolute Gasteiger partial charge is 0.306 e. The molecule has 6 aliphatic rings. The highest BCUT2D eigenvalue weighted by Crippen LogP contribution is 2.45. The summed E-state index contributed by atoms with van der Waals surface area (Å²) in [6, 6.07) is 25.6. The quantitative estimate of drug-likeness (QED) is 0.0441. The molecular weight excluding hydrogens is 1110 g/mol. The van der Waals surface area contributed by atoms with Gasteiger partial charge in [0.1, 0.15) is 11.9 Å². The normalized spacial score (nSPS) is 27.0. The van der Waals surface area contributed by atoms with Crippen molar-refractivity contribution in [1.82, 2.24) is 0 Å². The van der Waals surface area contributed by atoms with Gasteiger partial charge >= 0.3 is 5.97 Å². The Balaban J connectivity index is 0.000000202. The molecule has 0 heterocycles. The van der Waals surface area contributed by atoms with Crippen molar-refractivity contribution in [3.63, 3.8) is 0 Å². The molecule has 0 spiro atoms. The predicted molar refractivity (Wildman–Crippen MR) is 388 cm³/mol. The molecule has 6 aliphatic carbocycles. The number of benzene rings is 3. The first kappa shape index (κ1) is 75.2. The number of aryl methyl sites for hydroxylation is 3. The van der Waals surface area contributed by atoms with Crippen molar-refractivity contribution in [2.75, 3.05) is 19.8 Å². The van der Waals surface area contributed by atoms with Gasteiger partial charge in [-0.25, -0.2) is 0 Å². The first-order chi connectivity index (χ1) is 44.6. The highest BCUT2D eigenvalue weighted by Gasteiger charge is 2.31. The second-order valence-corrected chi connectivity index (χ2v) is 31.0. The molecular formula is C86H140O5. The molecule has 3 aromatic rings. The SMILES string of the molecule is CCCCCCCCCOC1CCC(COc2ccc(C3CCC(CC)CC3)c(C)c2)CC1.CCCCCOC1CCC(CCCCCCCc2ccc(C3CCC(OC(=O)CCCC)CC3)cc2)CC1.Cc1ccc(C2CCC(C3CCC(C)CC3)CC2)cc1. The molecule has 0 unspecified atom stereocenters. The fourth-order valence-electron chi connectivity index (χ4n) is 17.1. The lowest BCUT2D eigenvalue weighted by molar-refractivity contribution is -0.150. The van der Waals surface area contributed by atoms with Crippen LogP contribution in [0.15, 0.2) is 66.7 Å². The van der Waals surface area contributed by atoms with E-state index in [1.54, 1.807) is 11.1 Å². The van der Waals surface area contributed by atoms with E-state index >= 15 is 0 Å². The third-order valence-corrected chi connectivity index (χ3v) is 23.7. The largest absolute Gasteiger partial charge is 0.493 e. The van der Waals surface area contributed by atoms with Gasteiger partial charge in [0.05, 0.1) is 18.8 Å². The maximum atomic E-state index is 11.9. The van der Waals surface area contributed by atoms with E-state index in [0.29, 0.717) is 30.5 Å². The lowest BCUT2D eigenvalue weighted by Gasteiger charge is -2.37. The zero-order valence-electron chi connectivity index (χ0n) is 60.3. The first-order valence-electron chi connectivity index (χ1n) is 39.9. The maximum Gasteiger partial charge on any atom is 0.306 e. The molecule has 0 aromatic heterocycles. The molecule has 514 valence electrons. The Morgan fingerprint density at radius 1 is 0.429 bits per heavy atom. The molecule has 6 fully saturated rings. The van der Waals surface area contributed by atoms with Crippen LogP contribution in [0.3, 0.4) is 0 Å². The first-order valence-corrected chi connectivity index (χ1v) is 39.9. The molecule has 0 radical (unpaired) electrons. The standard InChI is InChI=1S/C35H58O3.C31H52O2.C20H30/c1-3-5-12-28-37-33-24-18-30(19-25-33)14-11-9-7-8-10-13-29-16-20-31(21-17-29)32-22-26-34(27-23-32)38-35(36)15-6-4-2;1-4-6-7-8-9-10-11-22-32-29-18-14-27(15-19-29)24-33-30-20-21-31(25(3)23-30)28-16-12-26(5-2)13-17-28;1-15-3-7-17(8-4-15)19-11-13-20(14-12-19)18-9-5-16(2)6-10-18/h16-17,20-21,30,32-34H,3-15,18-19,22-28H2,1-2H3;20-21,23,26-29H,4-19,22,24H2,1-3H3;3-4,7-8,16,18-20H,5-6,9-14H2,1-2H3. The lowest BCUT2D eigenvalue weighted by Crippen LogP contribution is -2.25. The van der Waals surface area contributed by atoms with Gasteiger partial charge in [-0.05, 0) is 280 Å². The predicted octanol–water partition coefficient (Wildman–Crippen LogP) is 25.6. The molecule has 0 aliphatic heterocycles. The van der Waals surface area contributed by atoms with Gasteiger partial charge in [0.25, 0.3) is 0 Å². The summed E-state index contributed by atoms with van der Waals surface area (Å²) in [6.45, 7) is 18.7. The van der Waals surface area contributed by atoms with Gasteiger partial charge in [-0.3, -0.25) is 4.79 Å². The van der Waals surface area contributed by atoms with Crippen LogP contribution in [-0.4, -0.2) is 44.1 Å². The Bertz CT molecular complexity index is 2270. The molecule has 0 N–H and O–H groups in total. The second-order valence-electron chi connectivity index (χ2n) is 31.0. The number of carbonyl (C=O) groups is 1. The molecule has 0 amide bonds. The number of carbonyl (C=O) groups excluding carboxylic acids is 1. The Morgan fingerprint density at radius 3 is 1.48 bits per heavy atom. The minimum Gasteiger partial charge on any atom is -0.493 e. The van der Waals surface area contributed by atoms with E-state index in [9.17, 15) is 4.79 Å². The summed E-state index contributed by atoms with van der Waals surface area (Å²) >= 11 is 0. The Kier molecular flexibility index (Phi) is 36.8. The summed E-state index contributed by atoms with van der Waals surface area (Å²) in [4.78, 5) is 11.9. The Hall–Kier alpha value is -3.15. The zero-order valence-corrected chi connectivity index (χ0v) is 60.3. The lowest BCUT2D eigenvalue weighted by atomic mass is 9.68. The van der Waals surface area contributed by atoms with Crippen molar-refractivity contribution in [3.05, 3.63) is 100 Å². The Labute approximate surface area is 561 Å². The highest BCUT2D eigenvalue weighted by atomic mass is 16.5. The number of hydrogen-bond acceptors (Lipinski definition) is 5. The maximum absolute atomic E-state index is 11.9. The van der Waals surface area contributed by atoms with Crippen LogP contribution in [0.1, 0.15) is 368 Å². The van der Waals surface area contributed by atoms with E-state index in [1.807, 2.05) is 0 Å². The zero-order chi connectivity index (χ0) is 64.1. The van der Waals surface area contributed by atoms with Gasteiger partial charge in [-0.2, -0.15) is 0 Å². The number of unbranched alkanes of at least 4 members (excludes halogenated alkanes) is 13. The molecule has 6 saturated carbocycles. The summed E-state index contributed by atoms with van der Waals surface area (Å²) < 4.78 is 24.2. The van der Waals surface area contributed by atoms with Crippen LogP contribution in [0.4, 0.5) is 0 Å². The summed E-state index contributed by atoms with van der Waals surface area (Å²) in [5.74, 6) is 9.01. The van der Waals surface area contributed by atoms with Crippen molar-refractivity contribution in [2.45, 2.75) is 373 Å². The van der Waals surface area contributed by atoms with E-state index < -0.39 is 0 Å². The van der Waals surface area contributed by atoms with Gasteiger partial charge in [0.15, 0.2) is 0 Å². The van der Waals surface area contributed by atoms with Crippen molar-refractivity contribution >= 4 is 5.97 Å². The molecule has 9 rings (SSSR count). The molecule has 3 aromatic carbocycles. The molecule has 91 heavy (non-hydrogen) atoms. The van der Waals surface area contributed by atoms with E-state index in [4.69, 9.17) is 18.9 Å². The minimum atomic E-state index is 0.000838. The van der Waals surface area contributed by atoms with Crippen molar-refractivity contribution in [3.8, 4) is 5.75 Å². The van der Waals surface area contributed by atoms with Gasteiger partial charge in [-0.1, -0.05) is 204 Å². The topological polar surface area (TPSA) is 54.0 Å². The average molecular weight is 1250 g/mol. The van der Waals surface area contributed by atoms with Crippen molar-refractivity contribution in [2.24, 2.45) is 35.5 Å². The molecule has 0 bridgehead atoms. The summed E-state index contributed by atoms with van der Waals surface area (Å²) in [5, 5.41) is 0. The highest BCUT2D eigenvalue weighted by molar-refractivity contribution is 5.69. The van der Waals surface area contributed by atoms with Crippen LogP contribution in [0.25, 0.3) is 0 Å². The van der Waals surface area contributed by atoms with Crippen molar-refractivity contribution < 1.29 is 23.7 Å². The van der Waals surface area contributed by atoms with Crippen LogP contribution in [0.5, 0.6) is 5.75 Å². The van der Waals surface area contributed by atoms with Crippen LogP contribution < -0.4 is 4.74 Å².